The lowest BCUT2D eigenvalue weighted by Crippen LogP contribution is -1.97. The van der Waals surface area contributed by atoms with Crippen molar-refractivity contribution in [3.05, 3.63) is 47.3 Å². The van der Waals surface area contributed by atoms with Crippen molar-refractivity contribution in [2.45, 2.75) is 25.7 Å². The first-order valence-corrected chi connectivity index (χ1v) is 7.42. The van der Waals surface area contributed by atoms with E-state index in [4.69, 9.17) is 5.26 Å². The standard InChI is InChI=1S/C16H14N4S/c1-10-4-6-13(7-5-10)14-15(21-9-17)16-18-11(2)8-12(3)20(16)19-14/h4-8H,1-3H3. The summed E-state index contributed by atoms with van der Waals surface area (Å²) < 4.78 is 1.81. The van der Waals surface area contributed by atoms with Crippen LogP contribution in [0.2, 0.25) is 0 Å². The Morgan fingerprint density at radius 2 is 1.86 bits per heavy atom. The first kappa shape index (κ1) is 13.7. The van der Waals surface area contributed by atoms with Gasteiger partial charge in [-0.1, -0.05) is 29.8 Å². The van der Waals surface area contributed by atoms with Gasteiger partial charge in [-0.25, -0.2) is 9.50 Å². The summed E-state index contributed by atoms with van der Waals surface area (Å²) in [5.74, 6) is 0. The third-order valence-electron chi connectivity index (χ3n) is 3.33. The van der Waals surface area contributed by atoms with E-state index in [1.165, 1.54) is 5.56 Å². The monoisotopic (exact) mass is 294 g/mol. The summed E-state index contributed by atoms with van der Waals surface area (Å²) in [6.07, 6.45) is 0. The number of aryl methyl sites for hydroxylation is 3. The minimum atomic E-state index is 0.745. The molecule has 4 nitrogen and oxygen atoms in total. The first-order chi connectivity index (χ1) is 10.1. The van der Waals surface area contributed by atoms with Gasteiger partial charge >= 0.3 is 0 Å². The van der Waals surface area contributed by atoms with Crippen LogP contribution in [0.1, 0.15) is 17.0 Å². The highest BCUT2D eigenvalue weighted by atomic mass is 32.2. The molecule has 0 radical (unpaired) electrons. The van der Waals surface area contributed by atoms with E-state index < -0.39 is 0 Å². The highest BCUT2D eigenvalue weighted by Gasteiger charge is 2.17. The van der Waals surface area contributed by atoms with Gasteiger partial charge in [0.1, 0.15) is 11.1 Å². The van der Waals surface area contributed by atoms with Crippen LogP contribution < -0.4 is 0 Å². The number of aromatic nitrogens is 3. The summed E-state index contributed by atoms with van der Waals surface area (Å²) in [5.41, 5.74) is 5.69. The number of hydrogen-bond acceptors (Lipinski definition) is 4. The molecular weight excluding hydrogens is 280 g/mol. The lowest BCUT2D eigenvalue weighted by Gasteiger charge is -2.00. The van der Waals surface area contributed by atoms with Gasteiger partial charge in [-0.05, 0) is 38.6 Å². The fourth-order valence-corrected chi connectivity index (χ4v) is 2.91. The molecule has 21 heavy (non-hydrogen) atoms. The van der Waals surface area contributed by atoms with Crippen LogP contribution in [0.3, 0.4) is 0 Å². The molecule has 0 bridgehead atoms. The molecule has 0 atom stereocenters. The Hall–Kier alpha value is -2.32. The molecule has 3 rings (SSSR count). The molecule has 1 aromatic carbocycles. The summed E-state index contributed by atoms with van der Waals surface area (Å²) in [7, 11) is 0. The zero-order chi connectivity index (χ0) is 15.0. The molecule has 3 aromatic rings. The van der Waals surface area contributed by atoms with Crippen molar-refractivity contribution in [2.24, 2.45) is 0 Å². The average molecular weight is 294 g/mol. The number of benzene rings is 1. The van der Waals surface area contributed by atoms with Gasteiger partial charge in [0, 0.05) is 17.0 Å². The molecule has 0 fully saturated rings. The molecule has 0 aliphatic heterocycles. The Balaban J connectivity index is 2.32. The van der Waals surface area contributed by atoms with Gasteiger partial charge in [-0.3, -0.25) is 0 Å². The van der Waals surface area contributed by atoms with E-state index in [9.17, 15) is 0 Å². The zero-order valence-corrected chi connectivity index (χ0v) is 12.9. The Kier molecular flexibility index (Phi) is 3.40. The van der Waals surface area contributed by atoms with Crippen molar-refractivity contribution in [3.8, 4) is 16.7 Å². The van der Waals surface area contributed by atoms with Crippen molar-refractivity contribution in [3.63, 3.8) is 0 Å². The first-order valence-electron chi connectivity index (χ1n) is 6.60. The van der Waals surface area contributed by atoms with Crippen LogP contribution in [-0.2, 0) is 0 Å². The van der Waals surface area contributed by atoms with Crippen molar-refractivity contribution >= 4 is 17.4 Å². The second-order valence-corrected chi connectivity index (χ2v) is 5.81. The Morgan fingerprint density at radius 3 is 2.52 bits per heavy atom. The predicted molar refractivity (Wildman–Crippen MR) is 84.1 cm³/mol. The van der Waals surface area contributed by atoms with E-state index in [1.807, 2.05) is 55.6 Å². The average Bonchev–Trinajstić information content (AvgIpc) is 2.80. The van der Waals surface area contributed by atoms with Crippen LogP contribution in [0.5, 0.6) is 0 Å². The van der Waals surface area contributed by atoms with Gasteiger partial charge in [-0.15, -0.1) is 0 Å². The Bertz CT molecular complexity index is 857. The van der Waals surface area contributed by atoms with E-state index in [0.29, 0.717) is 0 Å². The molecule has 2 heterocycles. The Labute approximate surface area is 127 Å². The molecule has 0 aliphatic carbocycles. The maximum Gasteiger partial charge on any atom is 0.170 e. The van der Waals surface area contributed by atoms with Crippen molar-refractivity contribution in [1.29, 1.82) is 5.26 Å². The highest BCUT2D eigenvalue weighted by Crippen LogP contribution is 2.33. The van der Waals surface area contributed by atoms with E-state index in [1.54, 1.807) is 0 Å². The minimum absolute atomic E-state index is 0.745. The lowest BCUT2D eigenvalue weighted by molar-refractivity contribution is 0.888. The van der Waals surface area contributed by atoms with Gasteiger partial charge in [0.05, 0.1) is 4.90 Å². The van der Waals surface area contributed by atoms with E-state index >= 15 is 0 Å². The highest BCUT2D eigenvalue weighted by molar-refractivity contribution is 8.04. The molecule has 0 saturated heterocycles. The van der Waals surface area contributed by atoms with Gasteiger partial charge in [0.25, 0.3) is 0 Å². The fourth-order valence-electron chi connectivity index (χ4n) is 2.34. The third kappa shape index (κ3) is 2.39. The number of thioether (sulfide) groups is 1. The van der Waals surface area contributed by atoms with Crippen LogP contribution >= 0.6 is 11.8 Å². The van der Waals surface area contributed by atoms with Gasteiger partial charge in [-0.2, -0.15) is 10.4 Å². The molecule has 0 amide bonds. The molecule has 0 saturated carbocycles. The van der Waals surface area contributed by atoms with Crippen LogP contribution in [-0.4, -0.2) is 14.6 Å². The van der Waals surface area contributed by atoms with Gasteiger partial charge in [0.15, 0.2) is 5.65 Å². The largest absolute Gasteiger partial charge is 0.233 e. The quantitative estimate of drug-likeness (QED) is 0.531. The van der Waals surface area contributed by atoms with Gasteiger partial charge in [0.2, 0.25) is 0 Å². The van der Waals surface area contributed by atoms with Crippen LogP contribution in [0.25, 0.3) is 16.9 Å². The lowest BCUT2D eigenvalue weighted by atomic mass is 10.1. The predicted octanol–water partition coefficient (Wildman–Crippen LogP) is 3.89. The van der Waals surface area contributed by atoms with Crippen LogP contribution in [0.15, 0.2) is 35.2 Å². The third-order valence-corrected chi connectivity index (χ3v) is 4.00. The number of hydrogen-bond donors (Lipinski definition) is 0. The second kappa shape index (κ2) is 5.23. The van der Waals surface area contributed by atoms with Crippen LogP contribution in [0, 0.1) is 31.4 Å². The van der Waals surface area contributed by atoms with E-state index in [2.05, 4.69) is 15.5 Å². The molecule has 0 aliphatic rings. The van der Waals surface area contributed by atoms with E-state index in [0.717, 1.165) is 44.9 Å². The van der Waals surface area contributed by atoms with Crippen molar-refractivity contribution in [2.75, 3.05) is 0 Å². The molecule has 0 unspecified atom stereocenters. The normalized spacial score (nSPS) is 10.8. The topological polar surface area (TPSA) is 54.0 Å². The summed E-state index contributed by atoms with van der Waals surface area (Å²) in [6.45, 7) is 5.99. The summed E-state index contributed by atoms with van der Waals surface area (Å²) in [6, 6.07) is 10.1. The number of nitriles is 1. The second-order valence-electron chi connectivity index (χ2n) is 5.01. The number of fused-ring (bicyclic) bond motifs is 1. The van der Waals surface area contributed by atoms with Crippen molar-refractivity contribution < 1.29 is 0 Å². The smallest absolute Gasteiger partial charge is 0.170 e. The summed E-state index contributed by atoms with van der Waals surface area (Å²) in [5, 5.41) is 15.9. The maximum atomic E-state index is 9.10. The summed E-state index contributed by atoms with van der Waals surface area (Å²) in [4.78, 5) is 5.36. The molecule has 5 heteroatoms. The van der Waals surface area contributed by atoms with Gasteiger partial charge < -0.3 is 0 Å². The number of rotatable bonds is 2. The molecular formula is C16H14N4S. The van der Waals surface area contributed by atoms with Crippen molar-refractivity contribution in [1.82, 2.24) is 14.6 Å². The minimum Gasteiger partial charge on any atom is -0.233 e. The van der Waals surface area contributed by atoms with Crippen LogP contribution in [0.4, 0.5) is 0 Å². The molecule has 104 valence electrons. The maximum absolute atomic E-state index is 9.10. The zero-order valence-electron chi connectivity index (χ0n) is 12.1. The number of nitrogens with zero attached hydrogens (tertiary/aromatic N) is 4. The molecule has 0 spiro atoms. The fraction of sp³-hybridized carbons (Fsp3) is 0.188. The Morgan fingerprint density at radius 1 is 1.14 bits per heavy atom. The summed E-state index contributed by atoms with van der Waals surface area (Å²) >= 11 is 1.11. The molecule has 2 aromatic heterocycles. The molecule has 0 N–H and O–H groups in total. The SMILES string of the molecule is Cc1ccc(-c2nn3c(C)cc(C)nc3c2SC#N)cc1. The number of thiocyanates is 1. The van der Waals surface area contributed by atoms with E-state index in [-0.39, 0.29) is 0 Å².